The first-order valence-electron chi connectivity index (χ1n) is 6.95. The third-order valence-corrected chi connectivity index (χ3v) is 4.58. The summed E-state index contributed by atoms with van der Waals surface area (Å²) in [5.41, 5.74) is 1.80. The second-order valence-electron chi connectivity index (χ2n) is 5.74. The molecule has 1 aromatic carbocycles. The maximum atomic E-state index is 12.6. The van der Waals surface area contributed by atoms with Crippen molar-refractivity contribution in [3.8, 4) is 0 Å². The molecule has 1 aliphatic heterocycles. The molecule has 2 atom stereocenters. The van der Waals surface area contributed by atoms with Gasteiger partial charge in [0.1, 0.15) is 6.10 Å². The topological polar surface area (TPSA) is 60.8 Å². The number of benzene rings is 1. The number of amides is 1. The van der Waals surface area contributed by atoms with Gasteiger partial charge >= 0.3 is 0 Å². The number of nitrogens with zero attached hydrogens (tertiary/aromatic N) is 1. The van der Waals surface area contributed by atoms with Gasteiger partial charge in [-0.1, -0.05) is 11.6 Å². The molecule has 0 saturated heterocycles. The second kappa shape index (κ2) is 5.02. The van der Waals surface area contributed by atoms with E-state index in [1.54, 1.807) is 12.1 Å². The van der Waals surface area contributed by atoms with Crippen molar-refractivity contribution >= 4 is 17.5 Å². The summed E-state index contributed by atoms with van der Waals surface area (Å²) in [6.45, 7) is 2.20. The summed E-state index contributed by atoms with van der Waals surface area (Å²) in [6.07, 6.45) is 1.28. The molecule has 1 heterocycles. The molecule has 2 N–H and O–H groups in total. The van der Waals surface area contributed by atoms with E-state index in [0.29, 0.717) is 28.6 Å². The molecular weight excluding hydrogens is 278 g/mol. The van der Waals surface area contributed by atoms with Crippen LogP contribution in [0, 0.1) is 5.92 Å². The van der Waals surface area contributed by atoms with Gasteiger partial charge in [-0.3, -0.25) is 4.79 Å². The summed E-state index contributed by atoms with van der Waals surface area (Å²) in [5, 5.41) is 19.5. The third-order valence-electron chi connectivity index (χ3n) is 4.36. The summed E-state index contributed by atoms with van der Waals surface area (Å²) < 4.78 is 0. The molecule has 0 spiro atoms. The quantitative estimate of drug-likeness (QED) is 0.894. The molecule has 0 aromatic heterocycles. The van der Waals surface area contributed by atoms with Gasteiger partial charge in [-0.05, 0) is 48.9 Å². The SMILES string of the molecule is CC(C1CC1)N1Cc2cc(Cl)cc(C(O)CO)c2C1=O. The van der Waals surface area contributed by atoms with Crippen molar-refractivity contribution in [2.24, 2.45) is 5.92 Å². The van der Waals surface area contributed by atoms with E-state index in [9.17, 15) is 9.90 Å². The molecule has 1 aliphatic carbocycles. The van der Waals surface area contributed by atoms with Crippen LogP contribution < -0.4 is 0 Å². The van der Waals surface area contributed by atoms with Crippen LogP contribution in [-0.4, -0.2) is 33.7 Å². The Balaban J connectivity index is 1.99. The highest BCUT2D eigenvalue weighted by atomic mass is 35.5. The van der Waals surface area contributed by atoms with Gasteiger partial charge in [0.05, 0.1) is 12.2 Å². The van der Waals surface area contributed by atoms with E-state index < -0.39 is 12.7 Å². The van der Waals surface area contributed by atoms with Gasteiger partial charge in [0.15, 0.2) is 0 Å². The zero-order chi connectivity index (χ0) is 14.4. The van der Waals surface area contributed by atoms with Crippen molar-refractivity contribution in [2.45, 2.75) is 38.5 Å². The van der Waals surface area contributed by atoms with Crippen molar-refractivity contribution in [1.82, 2.24) is 4.90 Å². The standard InChI is InChI=1S/C15H18ClNO3/c1-8(9-2-3-9)17-6-10-4-11(16)5-12(13(19)7-18)14(10)15(17)20/h4-5,8-9,13,18-19H,2-3,6-7H2,1H3. The van der Waals surface area contributed by atoms with Gasteiger partial charge in [-0.2, -0.15) is 0 Å². The molecule has 108 valence electrons. The Morgan fingerprint density at radius 2 is 2.15 bits per heavy atom. The first-order chi connectivity index (χ1) is 9.52. The van der Waals surface area contributed by atoms with E-state index in [4.69, 9.17) is 16.7 Å². The summed E-state index contributed by atoms with van der Waals surface area (Å²) in [4.78, 5) is 14.5. The number of halogens is 1. The van der Waals surface area contributed by atoms with E-state index in [1.165, 1.54) is 12.8 Å². The van der Waals surface area contributed by atoms with Crippen LogP contribution in [0.4, 0.5) is 0 Å². The molecule has 0 bridgehead atoms. The predicted molar refractivity (Wildman–Crippen MR) is 75.6 cm³/mol. The number of rotatable bonds is 4. The Kier molecular flexibility index (Phi) is 3.48. The minimum Gasteiger partial charge on any atom is -0.393 e. The van der Waals surface area contributed by atoms with Gasteiger partial charge in [0.2, 0.25) is 0 Å². The van der Waals surface area contributed by atoms with E-state index in [-0.39, 0.29) is 11.9 Å². The van der Waals surface area contributed by atoms with E-state index in [0.717, 1.165) is 5.56 Å². The molecule has 1 fully saturated rings. The number of hydrogen-bond donors (Lipinski definition) is 2. The molecule has 5 heteroatoms. The van der Waals surface area contributed by atoms with Crippen LogP contribution >= 0.6 is 11.6 Å². The first kappa shape index (κ1) is 13.9. The van der Waals surface area contributed by atoms with Gasteiger partial charge in [0.25, 0.3) is 5.91 Å². The monoisotopic (exact) mass is 295 g/mol. The molecule has 4 nitrogen and oxygen atoms in total. The number of carbonyl (C=O) groups excluding carboxylic acids is 1. The zero-order valence-electron chi connectivity index (χ0n) is 11.3. The number of aliphatic hydroxyl groups excluding tert-OH is 2. The average Bonchev–Trinajstić information content (AvgIpc) is 3.21. The summed E-state index contributed by atoms with van der Waals surface area (Å²) in [7, 11) is 0. The maximum absolute atomic E-state index is 12.6. The molecule has 2 unspecified atom stereocenters. The Bertz CT molecular complexity index is 556. The van der Waals surface area contributed by atoms with Crippen molar-refractivity contribution in [3.63, 3.8) is 0 Å². The smallest absolute Gasteiger partial charge is 0.255 e. The van der Waals surface area contributed by atoms with Gasteiger partial charge in [-0.15, -0.1) is 0 Å². The predicted octanol–water partition coefficient (Wildman–Crippen LogP) is 2.12. The number of fused-ring (bicyclic) bond motifs is 1. The fourth-order valence-corrected chi connectivity index (χ4v) is 3.24. The summed E-state index contributed by atoms with van der Waals surface area (Å²) in [5.74, 6) is 0.536. The minimum atomic E-state index is -1.07. The van der Waals surface area contributed by atoms with E-state index in [2.05, 4.69) is 6.92 Å². The fourth-order valence-electron chi connectivity index (χ4n) is 2.99. The molecular formula is C15H18ClNO3. The lowest BCUT2D eigenvalue weighted by Crippen LogP contribution is -2.35. The normalized spacial score (nSPS) is 21.0. The Morgan fingerprint density at radius 3 is 2.75 bits per heavy atom. The molecule has 3 rings (SSSR count). The van der Waals surface area contributed by atoms with E-state index >= 15 is 0 Å². The number of carbonyl (C=O) groups is 1. The molecule has 1 amide bonds. The van der Waals surface area contributed by atoms with Crippen LogP contribution in [0.25, 0.3) is 0 Å². The van der Waals surface area contributed by atoms with Crippen LogP contribution in [0.2, 0.25) is 5.02 Å². The van der Waals surface area contributed by atoms with Gasteiger partial charge in [0, 0.05) is 17.6 Å². The number of aliphatic hydroxyl groups is 2. The molecule has 1 saturated carbocycles. The largest absolute Gasteiger partial charge is 0.393 e. The molecule has 0 radical (unpaired) electrons. The zero-order valence-corrected chi connectivity index (χ0v) is 12.1. The molecule has 1 aromatic rings. The van der Waals surface area contributed by atoms with Crippen molar-refractivity contribution in [2.75, 3.05) is 6.61 Å². The average molecular weight is 296 g/mol. The van der Waals surface area contributed by atoms with Gasteiger partial charge in [-0.25, -0.2) is 0 Å². The summed E-state index contributed by atoms with van der Waals surface area (Å²) in [6, 6.07) is 3.57. The maximum Gasteiger partial charge on any atom is 0.255 e. The van der Waals surface area contributed by atoms with Crippen LogP contribution in [0.1, 0.15) is 47.4 Å². The van der Waals surface area contributed by atoms with Crippen LogP contribution in [0.15, 0.2) is 12.1 Å². The third kappa shape index (κ3) is 2.22. The molecule has 2 aliphatic rings. The Hall–Kier alpha value is -1.10. The summed E-state index contributed by atoms with van der Waals surface area (Å²) >= 11 is 6.06. The first-order valence-corrected chi connectivity index (χ1v) is 7.33. The van der Waals surface area contributed by atoms with Crippen LogP contribution in [0.5, 0.6) is 0 Å². The van der Waals surface area contributed by atoms with E-state index in [1.807, 2.05) is 4.90 Å². The number of hydrogen-bond acceptors (Lipinski definition) is 3. The van der Waals surface area contributed by atoms with Crippen LogP contribution in [0.3, 0.4) is 0 Å². The second-order valence-corrected chi connectivity index (χ2v) is 6.18. The van der Waals surface area contributed by atoms with Gasteiger partial charge < -0.3 is 15.1 Å². The van der Waals surface area contributed by atoms with Crippen molar-refractivity contribution < 1.29 is 15.0 Å². The minimum absolute atomic E-state index is 0.0569. The lowest BCUT2D eigenvalue weighted by atomic mass is 9.99. The lowest BCUT2D eigenvalue weighted by Gasteiger charge is -2.24. The fraction of sp³-hybridized carbons (Fsp3) is 0.533. The highest BCUT2D eigenvalue weighted by molar-refractivity contribution is 6.31. The highest BCUT2D eigenvalue weighted by Crippen LogP contribution is 2.40. The Morgan fingerprint density at radius 1 is 1.45 bits per heavy atom. The Labute approximate surface area is 123 Å². The van der Waals surface area contributed by atoms with Crippen LogP contribution in [-0.2, 0) is 6.54 Å². The molecule has 20 heavy (non-hydrogen) atoms. The lowest BCUT2D eigenvalue weighted by molar-refractivity contribution is 0.0682. The van der Waals surface area contributed by atoms with Crippen molar-refractivity contribution in [1.29, 1.82) is 0 Å². The highest BCUT2D eigenvalue weighted by Gasteiger charge is 2.40. The van der Waals surface area contributed by atoms with Crippen molar-refractivity contribution in [3.05, 3.63) is 33.8 Å².